The molecule has 2 N–H and O–H groups in total. The Balaban J connectivity index is 2.32. The first-order valence-corrected chi connectivity index (χ1v) is 7.95. The van der Waals surface area contributed by atoms with Gasteiger partial charge in [0.05, 0.1) is 5.02 Å². The van der Waals surface area contributed by atoms with Crippen molar-refractivity contribution in [3.8, 4) is 5.75 Å². The quantitative estimate of drug-likeness (QED) is 0.838. The zero-order chi connectivity index (χ0) is 14.0. The minimum Gasteiger partial charge on any atom is -0.482 e. The molecule has 0 aliphatic heterocycles. The summed E-state index contributed by atoms with van der Waals surface area (Å²) < 4.78 is 6.97. The first-order valence-electron chi connectivity index (χ1n) is 5.90. The molecule has 0 amide bonds. The van der Waals surface area contributed by atoms with Crippen molar-refractivity contribution in [3.05, 3.63) is 49.6 Å². The van der Waals surface area contributed by atoms with Gasteiger partial charge in [0, 0.05) is 15.4 Å². The lowest BCUT2D eigenvalue weighted by Crippen LogP contribution is -2.29. The van der Waals surface area contributed by atoms with Crippen molar-refractivity contribution < 1.29 is 4.74 Å². The van der Waals surface area contributed by atoms with Crippen molar-refractivity contribution in [2.45, 2.75) is 26.0 Å². The molecule has 0 saturated carbocycles. The van der Waals surface area contributed by atoms with Gasteiger partial charge < -0.3 is 10.5 Å². The van der Waals surface area contributed by atoms with Gasteiger partial charge in [-0.3, -0.25) is 0 Å². The molecule has 1 aromatic heterocycles. The van der Waals surface area contributed by atoms with Crippen LogP contribution in [0, 0.1) is 6.92 Å². The SMILES string of the molecule is Cc1ccsc1C(Oc1cc(Br)ccc1Cl)C(C)N. The summed E-state index contributed by atoms with van der Waals surface area (Å²) in [4.78, 5) is 1.14. The summed E-state index contributed by atoms with van der Waals surface area (Å²) in [7, 11) is 0. The summed E-state index contributed by atoms with van der Waals surface area (Å²) in [6.07, 6.45) is -0.188. The van der Waals surface area contributed by atoms with Crippen molar-refractivity contribution in [2.24, 2.45) is 5.73 Å². The lowest BCUT2D eigenvalue weighted by molar-refractivity contribution is 0.183. The van der Waals surface area contributed by atoms with Gasteiger partial charge in [-0.25, -0.2) is 0 Å². The van der Waals surface area contributed by atoms with Crippen LogP contribution < -0.4 is 10.5 Å². The number of halogens is 2. The first-order chi connectivity index (χ1) is 8.99. The molecule has 19 heavy (non-hydrogen) atoms. The molecule has 2 aromatic rings. The molecule has 2 unspecified atom stereocenters. The highest BCUT2D eigenvalue weighted by Crippen LogP contribution is 2.35. The van der Waals surface area contributed by atoms with Crippen molar-refractivity contribution in [1.82, 2.24) is 0 Å². The third-order valence-electron chi connectivity index (χ3n) is 2.78. The Labute approximate surface area is 130 Å². The van der Waals surface area contributed by atoms with Gasteiger partial charge in [-0.2, -0.15) is 0 Å². The Morgan fingerprint density at radius 3 is 2.68 bits per heavy atom. The Bertz CT molecular complexity index is 570. The maximum absolute atomic E-state index is 6.16. The average molecular weight is 361 g/mol. The van der Waals surface area contributed by atoms with E-state index in [2.05, 4.69) is 28.9 Å². The van der Waals surface area contributed by atoms with Gasteiger partial charge in [0.15, 0.2) is 0 Å². The molecule has 0 radical (unpaired) electrons. The maximum Gasteiger partial charge on any atom is 0.148 e. The first kappa shape index (κ1) is 14.9. The topological polar surface area (TPSA) is 35.2 Å². The predicted molar refractivity (Wildman–Crippen MR) is 85.2 cm³/mol. The normalized spacial score (nSPS) is 14.2. The van der Waals surface area contributed by atoms with Crippen LogP contribution in [0.25, 0.3) is 0 Å². The van der Waals surface area contributed by atoms with Crippen LogP contribution in [-0.4, -0.2) is 6.04 Å². The number of hydrogen-bond acceptors (Lipinski definition) is 3. The number of nitrogens with two attached hydrogens (primary N) is 1. The van der Waals surface area contributed by atoms with Gasteiger partial charge in [-0.05, 0) is 49.1 Å². The average Bonchev–Trinajstić information content (AvgIpc) is 2.76. The fourth-order valence-electron chi connectivity index (χ4n) is 1.78. The van der Waals surface area contributed by atoms with Crippen molar-refractivity contribution in [1.29, 1.82) is 0 Å². The summed E-state index contributed by atoms with van der Waals surface area (Å²) >= 11 is 11.2. The van der Waals surface area contributed by atoms with Gasteiger partial charge in [0.25, 0.3) is 0 Å². The molecule has 0 fully saturated rings. The lowest BCUT2D eigenvalue weighted by atomic mass is 10.1. The fourth-order valence-corrected chi connectivity index (χ4v) is 3.35. The molecule has 0 saturated heterocycles. The highest BCUT2D eigenvalue weighted by Gasteiger charge is 2.22. The monoisotopic (exact) mass is 359 g/mol. The largest absolute Gasteiger partial charge is 0.482 e. The molecular formula is C14H15BrClNOS. The van der Waals surface area contributed by atoms with Gasteiger partial charge in [0.1, 0.15) is 11.9 Å². The van der Waals surface area contributed by atoms with Crippen LogP contribution in [0.1, 0.15) is 23.5 Å². The van der Waals surface area contributed by atoms with Crippen LogP contribution in [0.4, 0.5) is 0 Å². The molecule has 102 valence electrons. The minimum absolute atomic E-state index is 0.118. The molecule has 0 aliphatic rings. The number of thiophene rings is 1. The van der Waals surface area contributed by atoms with E-state index in [1.807, 2.05) is 24.4 Å². The third kappa shape index (κ3) is 3.51. The molecule has 0 bridgehead atoms. The summed E-state index contributed by atoms with van der Waals surface area (Å²) in [6, 6.07) is 7.50. The highest BCUT2D eigenvalue weighted by molar-refractivity contribution is 9.10. The molecule has 1 heterocycles. The maximum atomic E-state index is 6.16. The molecule has 2 nitrogen and oxygen atoms in total. The van der Waals surface area contributed by atoms with Gasteiger partial charge in [-0.15, -0.1) is 11.3 Å². The molecule has 2 atom stereocenters. The zero-order valence-corrected chi connectivity index (χ0v) is 13.8. The van der Waals surface area contributed by atoms with E-state index < -0.39 is 0 Å². The number of aryl methyl sites for hydroxylation is 1. The predicted octanol–water partition coefficient (Wildman–Crippen LogP) is 4.94. The second kappa shape index (κ2) is 6.27. The standard InChI is InChI=1S/C14H15BrClNOS/c1-8-5-6-19-14(8)13(9(2)17)18-12-7-10(15)3-4-11(12)16/h3-7,9,13H,17H2,1-2H3. The Kier molecular flexibility index (Phi) is 4.90. The smallest absolute Gasteiger partial charge is 0.148 e. The van der Waals surface area contributed by atoms with E-state index in [1.165, 1.54) is 5.56 Å². The second-order valence-electron chi connectivity index (χ2n) is 4.44. The van der Waals surface area contributed by atoms with E-state index in [0.717, 1.165) is 9.35 Å². The van der Waals surface area contributed by atoms with E-state index >= 15 is 0 Å². The third-order valence-corrected chi connectivity index (χ3v) is 4.67. The molecule has 0 spiro atoms. The zero-order valence-electron chi connectivity index (χ0n) is 10.7. The Morgan fingerprint density at radius 1 is 1.37 bits per heavy atom. The summed E-state index contributed by atoms with van der Waals surface area (Å²) in [5.41, 5.74) is 7.25. The van der Waals surface area contributed by atoms with Crippen molar-refractivity contribution in [2.75, 3.05) is 0 Å². The second-order valence-corrected chi connectivity index (χ2v) is 6.71. The van der Waals surface area contributed by atoms with Crippen molar-refractivity contribution in [3.63, 3.8) is 0 Å². The van der Waals surface area contributed by atoms with E-state index in [0.29, 0.717) is 10.8 Å². The minimum atomic E-state index is -0.188. The number of rotatable bonds is 4. The van der Waals surface area contributed by atoms with E-state index in [-0.39, 0.29) is 12.1 Å². The van der Waals surface area contributed by atoms with E-state index in [4.69, 9.17) is 22.1 Å². The Hall–Kier alpha value is -0.550. The van der Waals surface area contributed by atoms with E-state index in [1.54, 1.807) is 17.4 Å². The number of benzene rings is 1. The van der Waals surface area contributed by atoms with Crippen LogP contribution in [0.3, 0.4) is 0 Å². The van der Waals surface area contributed by atoms with Crippen LogP contribution >= 0.6 is 38.9 Å². The number of ether oxygens (including phenoxy) is 1. The molecule has 5 heteroatoms. The van der Waals surface area contributed by atoms with Crippen LogP contribution in [0.15, 0.2) is 34.1 Å². The Morgan fingerprint density at radius 2 is 2.11 bits per heavy atom. The molecule has 2 rings (SSSR count). The number of hydrogen-bond donors (Lipinski definition) is 1. The van der Waals surface area contributed by atoms with E-state index in [9.17, 15) is 0 Å². The van der Waals surface area contributed by atoms with Gasteiger partial charge in [0.2, 0.25) is 0 Å². The summed E-state index contributed by atoms with van der Waals surface area (Å²) in [5, 5.41) is 2.63. The molecule has 1 aromatic carbocycles. The van der Waals surface area contributed by atoms with Gasteiger partial charge in [-0.1, -0.05) is 27.5 Å². The van der Waals surface area contributed by atoms with Crippen LogP contribution in [-0.2, 0) is 0 Å². The fraction of sp³-hybridized carbons (Fsp3) is 0.286. The highest BCUT2D eigenvalue weighted by atomic mass is 79.9. The summed E-state index contributed by atoms with van der Waals surface area (Å²) in [6.45, 7) is 4.00. The molecule has 0 aliphatic carbocycles. The van der Waals surface area contributed by atoms with Crippen LogP contribution in [0.5, 0.6) is 5.75 Å². The lowest BCUT2D eigenvalue weighted by Gasteiger charge is -2.23. The summed E-state index contributed by atoms with van der Waals surface area (Å²) in [5.74, 6) is 0.645. The molecular weight excluding hydrogens is 346 g/mol. The van der Waals surface area contributed by atoms with Crippen molar-refractivity contribution >= 4 is 38.9 Å². The van der Waals surface area contributed by atoms with Gasteiger partial charge >= 0.3 is 0 Å². The van der Waals surface area contributed by atoms with Crippen LogP contribution in [0.2, 0.25) is 5.02 Å².